The van der Waals surface area contributed by atoms with Crippen LogP contribution in [0.15, 0.2) is 18.6 Å². The third kappa shape index (κ3) is 2.09. The molecule has 0 aromatic carbocycles. The standard InChI is InChI=1S/C9H10N4O2/c14-9(15)3-1-2-7-11-12-8-6-10-4-5-13(7)8/h4-6H,1-3H2,(H,14,15). The molecule has 0 bridgehead atoms. The van der Waals surface area contributed by atoms with Gasteiger partial charge in [0.2, 0.25) is 0 Å². The second-order valence-corrected chi connectivity index (χ2v) is 3.17. The lowest BCUT2D eigenvalue weighted by molar-refractivity contribution is -0.137. The van der Waals surface area contributed by atoms with Gasteiger partial charge in [0.25, 0.3) is 0 Å². The lowest BCUT2D eigenvalue weighted by Crippen LogP contribution is -1.99. The number of rotatable bonds is 4. The summed E-state index contributed by atoms with van der Waals surface area (Å²) in [7, 11) is 0. The lowest BCUT2D eigenvalue weighted by atomic mass is 10.2. The Kier molecular flexibility index (Phi) is 2.57. The van der Waals surface area contributed by atoms with Gasteiger partial charge in [0, 0.05) is 25.2 Å². The van der Waals surface area contributed by atoms with Crippen LogP contribution in [0.25, 0.3) is 5.65 Å². The minimum Gasteiger partial charge on any atom is -0.481 e. The largest absolute Gasteiger partial charge is 0.481 e. The van der Waals surface area contributed by atoms with Crippen molar-refractivity contribution in [2.24, 2.45) is 0 Å². The van der Waals surface area contributed by atoms with Gasteiger partial charge < -0.3 is 5.11 Å². The van der Waals surface area contributed by atoms with Crippen molar-refractivity contribution in [2.45, 2.75) is 19.3 Å². The first-order valence-corrected chi connectivity index (χ1v) is 4.63. The molecule has 6 nitrogen and oxygen atoms in total. The van der Waals surface area contributed by atoms with E-state index in [4.69, 9.17) is 5.11 Å². The highest BCUT2D eigenvalue weighted by Crippen LogP contribution is 2.04. The molecular formula is C9H10N4O2. The lowest BCUT2D eigenvalue weighted by Gasteiger charge is -1.97. The van der Waals surface area contributed by atoms with Crippen LogP contribution in [0.3, 0.4) is 0 Å². The van der Waals surface area contributed by atoms with E-state index in [1.54, 1.807) is 18.6 Å². The molecule has 0 aliphatic heterocycles. The van der Waals surface area contributed by atoms with Crippen molar-refractivity contribution in [1.29, 1.82) is 0 Å². The Morgan fingerprint density at radius 1 is 1.47 bits per heavy atom. The number of hydrogen-bond donors (Lipinski definition) is 1. The van der Waals surface area contributed by atoms with E-state index in [-0.39, 0.29) is 6.42 Å². The molecule has 0 unspecified atom stereocenters. The van der Waals surface area contributed by atoms with Gasteiger partial charge in [0.05, 0.1) is 6.20 Å². The van der Waals surface area contributed by atoms with Gasteiger partial charge in [-0.05, 0) is 6.42 Å². The smallest absolute Gasteiger partial charge is 0.303 e. The summed E-state index contributed by atoms with van der Waals surface area (Å²) >= 11 is 0. The number of carboxylic acid groups (broad SMARTS) is 1. The van der Waals surface area contributed by atoms with Crippen LogP contribution < -0.4 is 0 Å². The highest BCUT2D eigenvalue weighted by molar-refractivity contribution is 5.66. The Morgan fingerprint density at radius 2 is 2.33 bits per heavy atom. The molecule has 1 N–H and O–H groups in total. The quantitative estimate of drug-likeness (QED) is 0.789. The summed E-state index contributed by atoms with van der Waals surface area (Å²) < 4.78 is 1.81. The van der Waals surface area contributed by atoms with E-state index in [1.807, 2.05) is 4.40 Å². The van der Waals surface area contributed by atoms with Gasteiger partial charge in [-0.15, -0.1) is 10.2 Å². The number of nitrogens with zero attached hydrogens (tertiary/aromatic N) is 4. The number of carbonyl (C=O) groups is 1. The third-order valence-electron chi connectivity index (χ3n) is 2.08. The fraction of sp³-hybridized carbons (Fsp3) is 0.333. The summed E-state index contributed by atoms with van der Waals surface area (Å²) in [5.74, 6) is -0.0147. The highest BCUT2D eigenvalue weighted by atomic mass is 16.4. The average Bonchev–Trinajstić information content (AvgIpc) is 2.62. The molecular weight excluding hydrogens is 196 g/mol. The van der Waals surface area contributed by atoms with Crippen LogP contribution in [0.5, 0.6) is 0 Å². The van der Waals surface area contributed by atoms with Crippen molar-refractivity contribution in [2.75, 3.05) is 0 Å². The first-order valence-electron chi connectivity index (χ1n) is 4.63. The van der Waals surface area contributed by atoms with Crippen molar-refractivity contribution >= 4 is 11.6 Å². The second-order valence-electron chi connectivity index (χ2n) is 3.17. The van der Waals surface area contributed by atoms with Crippen LogP contribution in [0.2, 0.25) is 0 Å². The summed E-state index contributed by atoms with van der Waals surface area (Å²) in [4.78, 5) is 14.3. The second kappa shape index (κ2) is 4.04. The van der Waals surface area contributed by atoms with E-state index >= 15 is 0 Å². The average molecular weight is 206 g/mol. The van der Waals surface area contributed by atoms with E-state index in [2.05, 4.69) is 15.2 Å². The van der Waals surface area contributed by atoms with Crippen molar-refractivity contribution in [3.63, 3.8) is 0 Å². The van der Waals surface area contributed by atoms with Crippen LogP contribution in [0, 0.1) is 0 Å². The van der Waals surface area contributed by atoms with E-state index in [1.165, 1.54) is 0 Å². The number of fused-ring (bicyclic) bond motifs is 1. The Bertz CT molecular complexity index is 480. The van der Waals surface area contributed by atoms with Gasteiger partial charge in [0.1, 0.15) is 5.82 Å². The van der Waals surface area contributed by atoms with Gasteiger partial charge in [-0.25, -0.2) is 0 Å². The molecule has 0 saturated heterocycles. The molecule has 0 radical (unpaired) electrons. The summed E-state index contributed by atoms with van der Waals surface area (Å²) in [6.45, 7) is 0. The minimum atomic E-state index is -0.787. The zero-order chi connectivity index (χ0) is 10.7. The summed E-state index contributed by atoms with van der Waals surface area (Å²) in [5, 5.41) is 16.4. The maximum absolute atomic E-state index is 10.3. The molecule has 78 valence electrons. The highest BCUT2D eigenvalue weighted by Gasteiger charge is 2.05. The van der Waals surface area contributed by atoms with Crippen LogP contribution >= 0.6 is 0 Å². The molecule has 2 aromatic rings. The van der Waals surface area contributed by atoms with Crippen LogP contribution in [0.4, 0.5) is 0 Å². The molecule has 0 aliphatic carbocycles. The molecule has 0 fully saturated rings. The van der Waals surface area contributed by atoms with Gasteiger partial charge in [0.15, 0.2) is 5.65 Å². The van der Waals surface area contributed by atoms with Gasteiger partial charge >= 0.3 is 5.97 Å². The minimum absolute atomic E-state index is 0.153. The molecule has 0 atom stereocenters. The first kappa shape index (κ1) is 9.57. The third-order valence-corrected chi connectivity index (χ3v) is 2.08. The van der Waals surface area contributed by atoms with Crippen LogP contribution in [-0.4, -0.2) is 30.7 Å². The predicted molar refractivity (Wildman–Crippen MR) is 51.4 cm³/mol. The fourth-order valence-electron chi connectivity index (χ4n) is 1.37. The van der Waals surface area contributed by atoms with E-state index in [0.717, 1.165) is 5.82 Å². The summed E-state index contributed by atoms with van der Waals surface area (Å²) in [5.41, 5.74) is 0.683. The van der Waals surface area contributed by atoms with Gasteiger partial charge in [-0.3, -0.25) is 14.2 Å². The van der Waals surface area contributed by atoms with Crippen LogP contribution in [0.1, 0.15) is 18.7 Å². The predicted octanol–water partition coefficient (Wildman–Crippen LogP) is 0.532. The SMILES string of the molecule is O=C(O)CCCc1nnc2cnccn12. The monoisotopic (exact) mass is 206 g/mol. The van der Waals surface area contributed by atoms with E-state index in [0.29, 0.717) is 18.5 Å². The molecule has 2 aromatic heterocycles. The Balaban J connectivity index is 2.11. The topological polar surface area (TPSA) is 80.4 Å². The molecule has 15 heavy (non-hydrogen) atoms. The van der Waals surface area contributed by atoms with Gasteiger partial charge in [-0.2, -0.15) is 0 Å². The van der Waals surface area contributed by atoms with E-state index in [9.17, 15) is 4.79 Å². The van der Waals surface area contributed by atoms with Crippen molar-refractivity contribution < 1.29 is 9.90 Å². The number of aromatic nitrogens is 4. The van der Waals surface area contributed by atoms with Gasteiger partial charge in [-0.1, -0.05) is 0 Å². The van der Waals surface area contributed by atoms with Crippen molar-refractivity contribution in [1.82, 2.24) is 19.6 Å². The number of carboxylic acids is 1. The summed E-state index contributed by atoms with van der Waals surface area (Å²) in [6, 6.07) is 0. The maximum Gasteiger partial charge on any atom is 0.303 e. The normalized spacial score (nSPS) is 10.7. The number of hydrogen-bond acceptors (Lipinski definition) is 4. The molecule has 0 spiro atoms. The zero-order valence-electron chi connectivity index (χ0n) is 8.00. The Morgan fingerprint density at radius 3 is 3.13 bits per heavy atom. The molecule has 2 rings (SSSR count). The summed E-state index contributed by atoms with van der Waals surface area (Å²) in [6.07, 6.45) is 6.37. The Hall–Kier alpha value is -1.98. The molecule has 0 aliphatic rings. The van der Waals surface area contributed by atoms with E-state index < -0.39 is 5.97 Å². The Labute approximate surface area is 85.6 Å². The fourth-order valence-corrected chi connectivity index (χ4v) is 1.37. The van der Waals surface area contributed by atoms with Crippen molar-refractivity contribution in [3.05, 3.63) is 24.4 Å². The van der Waals surface area contributed by atoms with Crippen molar-refractivity contribution in [3.8, 4) is 0 Å². The molecule has 0 saturated carbocycles. The molecule has 6 heteroatoms. The zero-order valence-corrected chi connectivity index (χ0v) is 8.00. The molecule has 2 heterocycles. The number of aryl methyl sites for hydroxylation is 1. The number of aliphatic carboxylic acids is 1. The maximum atomic E-state index is 10.3. The van der Waals surface area contributed by atoms with Crippen LogP contribution in [-0.2, 0) is 11.2 Å². The first-order chi connectivity index (χ1) is 7.27. The molecule has 0 amide bonds.